The monoisotopic (exact) mass is 442 g/mol. The Bertz CT molecular complexity index is 821. The number of alkyl halides is 3. The van der Waals surface area contributed by atoms with Crippen LogP contribution in [0.5, 0.6) is 0 Å². The SMILES string of the molecule is N#C/C(=C/c1ccc(I)cc1)C(=O)Nc1cccc(C(F)(F)F)c1. The van der Waals surface area contributed by atoms with Gasteiger partial charge in [-0.25, -0.2) is 0 Å². The molecular weight excluding hydrogens is 432 g/mol. The van der Waals surface area contributed by atoms with Gasteiger partial charge in [-0.3, -0.25) is 4.79 Å². The zero-order valence-corrected chi connectivity index (χ0v) is 14.2. The second-order valence-corrected chi connectivity index (χ2v) is 6.00. The van der Waals surface area contributed by atoms with Gasteiger partial charge in [0.05, 0.1) is 5.56 Å². The van der Waals surface area contributed by atoms with Crippen molar-refractivity contribution in [2.75, 3.05) is 5.32 Å². The predicted octanol–water partition coefficient (Wildman–Crippen LogP) is 4.86. The highest BCUT2D eigenvalue weighted by Crippen LogP contribution is 2.30. The quantitative estimate of drug-likeness (QED) is 0.420. The van der Waals surface area contributed by atoms with Gasteiger partial charge in [-0.05, 0) is 64.6 Å². The van der Waals surface area contributed by atoms with Crippen molar-refractivity contribution in [3.05, 3.63) is 68.8 Å². The van der Waals surface area contributed by atoms with Gasteiger partial charge < -0.3 is 5.32 Å². The Hall–Kier alpha value is -2.34. The first-order chi connectivity index (χ1) is 11.3. The molecule has 24 heavy (non-hydrogen) atoms. The van der Waals surface area contributed by atoms with Gasteiger partial charge in [0, 0.05) is 9.26 Å². The largest absolute Gasteiger partial charge is 0.416 e. The van der Waals surface area contributed by atoms with Gasteiger partial charge in [-0.15, -0.1) is 0 Å². The van der Waals surface area contributed by atoms with Crippen LogP contribution in [0, 0.1) is 14.9 Å². The summed E-state index contributed by atoms with van der Waals surface area (Å²) < 4.78 is 39.0. The van der Waals surface area contributed by atoms with E-state index in [1.165, 1.54) is 18.2 Å². The van der Waals surface area contributed by atoms with Crippen molar-refractivity contribution in [1.29, 1.82) is 5.26 Å². The first kappa shape index (κ1) is 18.0. The maximum Gasteiger partial charge on any atom is 0.416 e. The molecular formula is C17H10F3IN2O. The molecule has 0 saturated carbocycles. The molecule has 1 N–H and O–H groups in total. The lowest BCUT2D eigenvalue weighted by atomic mass is 10.1. The highest BCUT2D eigenvalue weighted by atomic mass is 127. The third-order valence-corrected chi connectivity index (χ3v) is 3.71. The number of nitrogens with zero attached hydrogens (tertiary/aromatic N) is 1. The van der Waals surface area contributed by atoms with Crippen LogP contribution in [0.4, 0.5) is 18.9 Å². The molecule has 0 unspecified atom stereocenters. The van der Waals surface area contributed by atoms with Crippen molar-refractivity contribution >= 4 is 40.3 Å². The molecule has 0 spiro atoms. The van der Waals surface area contributed by atoms with E-state index in [2.05, 4.69) is 27.9 Å². The number of nitrogens with one attached hydrogen (secondary N) is 1. The molecule has 0 fully saturated rings. The van der Waals surface area contributed by atoms with Crippen LogP contribution in [-0.2, 0) is 11.0 Å². The fourth-order valence-electron chi connectivity index (χ4n) is 1.85. The molecule has 3 nitrogen and oxygen atoms in total. The number of carbonyl (C=O) groups is 1. The Morgan fingerprint density at radius 1 is 1.17 bits per heavy atom. The topological polar surface area (TPSA) is 52.9 Å². The summed E-state index contributed by atoms with van der Waals surface area (Å²) in [4.78, 5) is 12.1. The zero-order valence-electron chi connectivity index (χ0n) is 12.1. The summed E-state index contributed by atoms with van der Waals surface area (Å²) in [6, 6.07) is 13.1. The second kappa shape index (κ2) is 7.49. The van der Waals surface area contributed by atoms with E-state index in [-0.39, 0.29) is 11.3 Å². The van der Waals surface area contributed by atoms with Crippen LogP contribution >= 0.6 is 22.6 Å². The first-order valence-electron chi connectivity index (χ1n) is 6.65. The standard InChI is InChI=1S/C17H10F3IN2O/c18-17(19,20)13-2-1-3-15(9-13)23-16(24)12(10-22)8-11-4-6-14(21)7-5-11/h1-9H,(H,23,24)/b12-8-. The molecule has 0 aliphatic carbocycles. The Morgan fingerprint density at radius 3 is 2.42 bits per heavy atom. The average Bonchev–Trinajstić information content (AvgIpc) is 2.53. The van der Waals surface area contributed by atoms with E-state index in [1.54, 1.807) is 18.2 Å². The van der Waals surface area contributed by atoms with E-state index < -0.39 is 17.6 Å². The summed E-state index contributed by atoms with van der Waals surface area (Å²) in [7, 11) is 0. The fraction of sp³-hybridized carbons (Fsp3) is 0.0588. The fourth-order valence-corrected chi connectivity index (χ4v) is 2.21. The molecule has 7 heteroatoms. The smallest absolute Gasteiger partial charge is 0.321 e. The normalized spacial score (nSPS) is 11.7. The molecule has 2 aromatic rings. The minimum atomic E-state index is -4.50. The molecule has 1 amide bonds. The minimum Gasteiger partial charge on any atom is -0.321 e. The number of rotatable bonds is 3. The zero-order chi connectivity index (χ0) is 17.7. The molecule has 0 aliphatic heterocycles. The maximum atomic E-state index is 12.7. The number of hydrogen-bond donors (Lipinski definition) is 1. The molecule has 0 aliphatic rings. The van der Waals surface area contributed by atoms with Crippen molar-refractivity contribution in [2.45, 2.75) is 6.18 Å². The van der Waals surface area contributed by atoms with Crippen molar-refractivity contribution in [3.63, 3.8) is 0 Å². The number of hydrogen-bond acceptors (Lipinski definition) is 2. The summed E-state index contributed by atoms with van der Waals surface area (Å²) in [5, 5.41) is 11.4. The van der Waals surface area contributed by atoms with Crippen LogP contribution in [-0.4, -0.2) is 5.91 Å². The Balaban J connectivity index is 2.21. The lowest BCUT2D eigenvalue weighted by Crippen LogP contribution is -2.14. The number of carbonyl (C=O) groups excluding carboxylic acids is 1. The van der Waals surface area contributed by atoms with Crippen LogP contribution in [0.1, 0.15) is 11.1 Å². The molecule has 0 atom stereocenters. The number of amides is 1. The highest BCUT2D eigenvalue weighted by Gasteiger charge is 2.30. The van der Waals surface area contributed by atoms with E-state index in [1.807, 2.05) is 12.1 Å². The molecule has 0 bridgehead atoms. The van der Waals surface area contributed by atoms with Crippen LogP contribution in [0.25, 0.3) is 6.08 Å². The molecule has 0 radical (unpaired) electrons. The minimum absolute atomic E-state index is 0.0291. The summed E-state index contributed by atoms with van der Waals surface area (Å²) in [5.74, 6) is -0.768. The summed E-state index contributed by atoms with van der Waals surface area (Å²) in [6.07, 6.45) is -3.13. The third kappa shape index (κ3) is 4.83. The van der Waals surface area contributed by atoms with Crippen LogP contribution in [0.3, 0.4) is 0 Å². The van der Waals surface area contributed by atoms with Gasteiger partial charge in [-0.2, -0.15) is 18.4 Å². The van der Waals surface area contributed by atoms with Gasteiger partial charge in [0.15, 0.2) is 0 Å². The average molecular weight is 442 g/mol. The lowest BCUT2D eigenvalue weighted by molar-refractivity contribution is -0.137. The number of benzene rings is 2. The van der Waals surface area contributed by atoms with E-state index in [9.17, 15) is 18.0 Å². The number of halogens is 4. The molecule has 2 aromatic carbocycles. The second-order valence-electron chi connectivity index (χ2n) is 4.75. The van der Waals surface area contributed by atoms with Gasteiger partial charge in [0.2, 0.25) is 0 Å². The van der Waals surface area contributed by atoms with Crippen LogP contribution in [0.15, 0.2) is 54.1 Å². The first-order valence-corrected chi connectivity index (χ1v) is 7.73. The Labute approximate surface area is 149 Å². The third-order valence-electron chi connectivity index (χ3n) is 2.99. The highest BCUT2D eigenvalue weighted by molar-refractivity contribution is 14.1. The van der Waals surface area contributed by atoms with Gasteiger partial charge in [0.1, 0.15) is 11.6 Å². The van der Waals surface area contributed by atoms with Gasteiger partial charge in [0.25, 0.3) is 5.91 Å². The molecule has 2 rings (SSSR count). The van der Waals surface area contributed by atoms with Gasteiger partial charge in [-0.1, -0.05) is 18.2 Å². The molecule has 0 saturated heterocycles. The summed E-state index contributed by atoms with van der Waals surface area (Å²) in [5.41, 5.74) is -0.459. The predicted molar refractivity (Wildman–Crippen MR) is 92.8 cm³/mol. The van der Waals surface area contributed by atoms with Crippen LogP contribution < -0.4 is 5.32 Å². The molecule has 0 aromatic heterocycles. The Kier molecular flexibility index (Phi) is 5.62. The van der Waals surface area contributed by atoms with Crippen molar-refractivity contribution in [3.8, 4) is 6.07 Å². The molecule has 122 valence electrons. The Morgan fingerprint density at radius 2 is 1.83 bits per heavy atom. The number of nitriles is 1. The van der Waals surface area contributed by atoms with E-state index in [0.717, 1.165) is 15.7 Å². The van der Waals surface area contributed by atoms with Crippen molar-refractivity contribution < 1.29 is 18.0 Å². The van der Waals surface area contributed by atoms with Crippen molar-refractivity contribution in [2.24, 2.45) is 0 Å². The molecule has 0 heterocycles. The van der Waals surface area contributed by atoms with Gasteiger partial charge >= 0.3 is 6.18 Å². The van der Waals surface area contributed by atoms with Crippen LogP contribution in [0.2, 0.25) is 0 Å². The van der Waals surface area contributed by atoms with E-state index >= 15 is 0 Å². The maximum absolute atomic E-state index is 12.7. The van der Waals surface area contributed by atoms with E-state index in [4.69, 9.17) is 5.26 Å². The lowest BCUT2D eigenvalue weighted by Gasteiger charge is -2.09. The summed E-state index contributed by atoms with van der Waals surface area (Å²) in [6.45, 7) is 0. The number of anilines is 1. The summed E-state index contributed by atoms with van der Waals surface area (Å²) >= 11 is 2.12. The van der Waals surface area contributed by atoms with E-state index in [0.29, 0.717) is 5.56 Å². The van der Waals surface area contributed by atoms with Crippen molar-refractivity contribution in [1.82, 2.24) is 0 Å².